The van der Waals surface area contributed by atoms with E-state index in [1.807, 2.05) is 26.8 Å². The predicted molar refractivity (Wildman–Crippen MR) is 85.3 cm³/mol. The molecule has 5 heteroatoms. The second kappa shape index (κ2) is 8.42. The van der Waals surface area contributed by atoms with Crippen LogP contribution in [0.1, 0.15) is 42.6 Å². The molecule has 1 aromatic rings. The average molecular weight is 291 g/mol. The number of carbonyl (C=O) groups excluding carboxylic acids is 2. The molecule has 1 rings (SSSR count). The molecule has 2 amide bonds. The second-order valence-corrected chi connectivity index (χ2v) is 5.15. The van der Waals surface area contributed by atoms with Gasteiger partial charge < -0.3 is 16.4 Å². The Kier molecular flexibility index (Phi) is 6.88. The van der Waals surface area contributed by atoms with Crippen molar-refractivity contribution in [1.29, 1.82) is 0 Å². The maximum atomic E-state index is 12.0. The summed E-state index contributed by atoms with van der Waals surface area (Å²) in [6, 6.07) is 5.30. The van der Waals surface area contributed by atoms with E-state index in [2.05, 4.69) is 10.6 Å². The lowest BCUT2D eigenvalue weighted by Gasteiger charge is -2.14. The van der Waals surface area contributed by atoms with Gasteiger partial charge in [-0.15, -0.1) is 0 Å². The lowest BCUT2D eigenvalue weighted by Crippen LogP contribution is -2.24. The predicted octanol–water partition coefficient (Wildman–Crippen LogP) is 2.06. The fourth-order valence-electron chi connectivity index (χ4n) is 2.02. The lowest BCUT2D eigenvalue weighted by atomic mass is 10.0. The van der Waals surface area contributed by atoms with E-state index in [1.54, 1.807) is 12.1 Å². The molecule has 1 unspecified atom stereocenters. The summed E-state index contributed by atoms with van der Waals surface area (Å²) in [5, 5.41) is 5.62. The molecule has 5 nitrogen and oxygen atoms in total. The molecule has 0 fully saturated rings. The number of rotatable bonds is 7. The van der Waals surface area contributed by atoms with E-state index >= 15 is 0 Å². The zero-order chi connectivity index (χ0) is 15.8. The summed E-state index contributed by atoms with van der Waals surface area (Å²) in [5.74, 6) is -0.0123. The Morgan fingerprint density at radius 1 is 1.29 bits per heavy atom. The van der Waals surface area contributed by atoms with Crippen LogP contribution in [-0.2, 0) is 4.79 Å². The molecule has 0 radical (unpaired) electrons. The number of hydrogen-bond donors (Lipinski definition) is 3. The molecule has 0 spiro atoms. The molecule has 0 saturated heterocycles. The van der Waals surface area contributed by atoms with Crippen LogP contribution in [0.3, 0.4) is 0 Å². The third-order valence-electron chi connectivity index (χ3n) is 3.50. The number of benzene rings is 1. The van der Waals surface area contributed by atoms with Crippen LogP contribution in [0.15, 0.2) is 18.2 Å². The van der Waals surface area contributed by atoms with E-state index in [1.165, 1.54) is 0 Å². The van der Waals surface area contributed by atoms with Crippen molar-refractivity contribution in [2.24, 2.45) is 11.7 Å². The fourth-order valence-corrected chi connectivity index (χ4v) is 2.02. The lowest BCUT2D eigenvalue weighted by molar-refractivity contribution is -0.117. The number of hydrogen-bond acceptors (Lipinski definition) is 3. The molecule has 0 bridgehead atoms. The van der Waals surface area contributed by atoms with Gasteiger partial charge in [0.25, 0.3) is 5.91 Å². The van der Waals surface area contributed by atoms with Crippen molar-refractivity contribution >= 4 is 17.5 Å². The second-order valence-electron chi connectivity index (χ2n) is 5.15. The number of carbonyl (C=O) groups is 2. The van der Waals surface area contributed by atoms with Crippen LogP contribution in [0, 0.1) is 12.8 Å². The Labute approximate surface area is 126 Å². The van der Waals surface area contributed by atoms with Gasteiger partial charge in [0.05, 0.1) is 0 Å². The van der Waals surface area contributed by atoms with E-state index in [-0.39, 0.29) is 17.7 Å². The summed E-state index contributed by atoms with van der Waals surface area (Å²) in [5.41, 5.74) is 7.77. The van der Waals surface area contributed by atoms with Crippen molar-refractivity contribution < 1.29 is 9.59 Å². The minimum Gasteiger partial charge on any atom is -0.352 e. The van der Waals surface area contributed by atoms with Crippen molar-refractivity contribution in [3.8, 4) is 0 Å². The Bertz CT molecular complexity index is 496. The highest BCUT2D eigenvalue weighted by atomic mass is 16.2. The largest absolute Gasteiger partial charge is 0.352 e. The zero-order valence-electron chi connectivity index (χ0n) is 13.0. The summed E-state index contributed by atoms with van der Waals surface area (Å²) < 4.78 is 0. The minimum absolute atomic E-state index is 0.0663. The third-order valence-corrected chi connectivity index (χ3v) is 3.50. The number of aryl methyl sites for hydroxylation is 1. The Balaban J connectivity index is 2.80. The SMILES string of the molecule is CCNC(=O)c1ccc(C)c(NC(=O)CC(CC)CN)c1. The molecule has 1 aromatic carbocycles. The number of amides is 2. The smallest absolute Gasteiger partial charge is 0.251 e. The summed E-state index contributed by atoms with van der Waals surface area (Å²) in [7, 11) is 0. The van der Waals surface area contributed by atoms with Crippen molar-refractivity contribution in [3.63, 3.8) is 0 Å². The Morgan fingerprint density at radius 2 is 2.00 bits per heavy atom. The first-order chi connectivity index (χ1) is 10.0. The molecule has 0 heterocycles. The van der Waals surface area contributed by atoms with E-state index in [4.69, 9.17) is 5.73 Å². The molecule has 0 saturated carbocycles. The van der Waals surface area contributed by atoms with Gasteiger partial charge in [0.1, 0.15) is 0 Å². The van der Waals surface area contributed by atoms with Crippen LogP contribution < -0.4 is 16.4 Å². The van der Waals surface area contributed by atoms with E-state index in [0.717, 1.165) is 12.0 Å². The normalized spacial score (nSPS) is 11.8. The van der Waals surface area contributed by atoms with Gasteiger partial charge in [0.2, 0.25) is 5.91 Å². The van der Waals surface area contributed by atoms with Gasteiger partial charge in [-0.1, -0.05) is 19.4 Å². The van der Waals surface area contributed by atoms with Gasteiger partial charge in [0.15, 0.2) is 0 Å². The average Bonchev–Trinajstić information content (AvgIpc) is 2.47. The van der Waals surface area contributed by atoms with Crippen molar-refractivity contribution in [3.05, 3.63) is 29.3 Å². The topological polar surface area (TPSA) is 84.2 Å². The van der Waals surface area contributed by atoms with Crippen molar-refractivity contribution in [2.45, 2.75) is 33.6 Å². The molecule has 0 aliphatic heterocycles. The fraction of sp³-hybridized carbons (Fsp3) is 0.500. The van der Waals surface area contributed by atoms with Crippen LogP contribution in [0.5, 0.6) is 0 Å². The molecule has 0 aliphatic rings. The number of anilines is 1. The molecule has 21 heavy (non-hydrogen) atoms. The minimum atomic E-state index is -0.138. The monoisotopic (exact) mass is 291 g/mol. The van der Waals surface area contributed by atoms with Gasteiger partial charge in [-0.2, -0.15) is 0 Å². The van der Waals surface area contributed by atoms with Crippen LogP contribution in [0.25, 0.3) is 0 Å². The summed E-state index contributed by atoms with van der Waals surface area (Å²) in [6.07, 6.45) is 1.28. The molecule has 4 N–H and O–H groups in total. The van der Waals surface area contributed by atoms with E-state index < -0.39 is 0 Å². The van der Waals surface area contributed by atoms with Gasteiger partial charge in [0, 0.05) is 24.2 Å². The summed E-state index contributed by atoms with van der Waals surface area (Å²) >= 11 is 0. The molecule has 1 atom stereocenters. The van der Waals surface area contributed by atoms with Crippen LogP contribution in [-0.4, -0.2) is 24.9 Å². The standard InChI is InChI=1S/C16H25N3O2/c1-4-12(10-17)8-15(20)19-14-9-13(7-6-11(14)3)16(21)18-5-2/h6-7,9,12H,4-5,8,10,17H2,1-3H3,(H,18,21)(H,19,20). The van der Waals surface area contributed by atoms with Crippen LogP contribution in [0.2, 0.25) is 0 Å². The molecule has 0 aromatic heterocycles. The van der Waals surface area contributed by atoms with Crippen molar-refractivity contribution in [2.75, 3.05) is 18.4 Å². The van der Waals surface area contributed by atoms with Crippen LogP contribution in [0.4, 0.5) is 5.69 Å². The van der Waals surface area contributed by atoms with Gasteiger partial charge >= 0.3 is 0 Å². The third kappa shape index (κ3) is 5.19. The van der Waals surface area contributed by atoms with E-state index in [0.29, 0.717) is 30.8 Å². The first-order valence-electron chi connectivity index (χ1n) is 7.40. The summed E-state index contributed by atoms with van der Waals surface area (Å²) in [6.45, 7) is 6.86. The Hall–Kier alpha value is -1.88. The van der Waals surface area contributed by atoms with Crippen molar-refractivity contribution in [1.82, 2.24) is 5.32 Å². The van der Waals surface area contributed by atoms with E-state index in [9.17, 15) is 9.59 Å². The molecule has 116 valence electrons. The molecule has 0 aliphatic carbocycles. The maximum absolute atomic E-state index is 12.0. The highest BCUT2D eigenvalue weighted by Gasteiger charge is 2.13. The first-order valence-corrected chi connectivity index (χ1v) is 7.40. The number of nitrogens with one attached hydrogen (secondary N) is 2. The zero-order valence-corrected chi connectivity index (χ0v) is 13.0. The van der Waals surface area contributed by atoms with Gasteiger partial charge in [-0.25, -0.2) is 0 Å². The van der Waals surface area contributed by atoms with Crippen LogP contribution >= 0.6 is 0 Å². The highest BCUT2D eigenvalue weighted by molar-refractivity contribution is 5.97. The maximum Gasteiger partial charge on any atom is 0.251 e. The van der Waals surface area contributed by atoms with Gasteiger partial charge in [-0.05, 0) is 44.0 Å². The van der Waals surface area contributed by atoms with Gasteiger partial charge in [-0.3, -0.25) is 9.59 Å². The quantitative estimate of drug-likeness (QED) is 0.719. The summed E-state index contributed by atoms with van der Waals surface area (Å²) in [4.78, 5) is 23.9. The highest BCUT2D eigenvalue weighted by Crippen LogP contribution is 2.18. The number of nitrogens with two attached hydrogens (primary N) is 1. The Morgan fingerprint density at radius 3 is 2.57 bits per heavy atom. The first kappa shape index (κ1) is 17.2. The molecular weight excluding hydrogens is 266 g/mol. The molecular formula is C16H25N3O2.